The molecule has 1 fully saturated rings. The second kappa shape index (κ2) is 9.74. The number of ether oxygens (including phenoxy) is 1. The van der Waals surface area contributed by atoms with E-state index in [-0.39, 0.29) is 11.7 Å². The van der Waals surface area contributed by atoms with Crippen molar-refractivity contribution >= 4 is 28.0 Å². The summed E-state index contributed by atoms with van der Waals surface area (Å²) in [6, 6.07) is 9.18. The molecule has 0 atom stereocenters. The Morgan fingerprint density at radius 2 is 1.87 bits per heavy atom. The molecule has 2 aromatic rings. The summed E-state index contributed by atoms with van der Waals surface area (Å²) in [5.74, 6) is 1.61. The lowest BCUT2D eigenvalue weighted by atomic mass is 10.1. The van der Waals surface area contributed by atoms with Crippen LogP contribution in [0.1, 0.15) is 26.0 Å². The number of aromatic nitrogens is 2. The van der Waals surface area contributed by atoms with Crippen LogP contribution < -0.4 is 10.2 Å². The number of nitrogens with zero attached hydrogens (tertiary/aromatic N) is 3. The molecule has 1 aliphatic rings. The Bertz CT molecular complexity index is 862. The second-order valence-corrected chi connectivity index (χ2v) is 10.3. The second-order valence-electron chi connectivity index (χ2n) is 8.00. The van der Waals surface area contributed by atoms with E-state index in [1.165, 1.54) is 6.26 Å². The molecule has 0 unspecified atom stereocenters. The molecule has 8 nitrogen and oxygen atoms in total. The maximum atomic E-state index is 12.0. The smallest absolute Gasteiger partial charge is 0.224 e. The van der Waals surface area contributed by atoms with Gasteiger partial charge in [-0.25, -0.2) is 9.97 Å². The summed E-state index contributed by atoms with van der Waals surface area (Å²) < 4.78 is 25.3. The molecule has 1 aliphatic heterocycles. The Kier molecular flexibility index (Phi) is 7.30. The topological polar surface area (TPSA) is 108 Å². The molecule has 3 N–H and O–H groups in total. The number of carbonyl (C=O) groups is 1. The molecule has 3 rings (SSSR count). The van der Waals surface area contributed by atoms with Crippen LogP contribution in [-0.4, -0.2) is 57.5 Å². The van der Waals surface area contributed by atoms with Gasteiger partial charge < -0.3 is 15.0 Å². The van der Waals surface area contributed by atoms with Crippen molar-refractivity contribution in [2.24, 2.45) is 5.92 Å². The molecule has 0 bridgehead atoms. The molecular formula is C21H30N4O4S. The molecule has 0 spiro atoms. The van der Waals surface area contributed by atoms with Gasteiger partial charge in [-0.3, -0.25) is 13.9 Å². The van der Waals surface area contributed by atoms with Crippen molar-refractivity contribution in [3.05, 3.63) is 36.0 Å². The highest BCUT2D eigenvalue weighted by molar-refractivity contribution is 8.23. The van der Waals surface area contributed by atoms with E-state index in [4.69, 9.17) is 9.72 Å². The number of amides is 1. The van der Waals surface area contributed by atoms with E-state index in [0.717, 1.165) is 30.2 Å². The quantitative estimate of drug-likeness (QED) is 0.607. The van der Waals surface area contributed by atoms with E-state index in [1.807, 2.05) is 44.2 Å². The largest absolute Gasteiger partial charge is 0.378 e. The van der Waals surface area contributed by atoms with Gasteiger partial charge in [0.25, 0.3) is 0 Å². The van der Waals surface area contributed by atoms with Crippen molar-refractivity contribution in [2.75, 3.05) is 42.8 Å². The minimum absolute atomic E-state index is 0.0150. The molecule has 0 saturated carbocycles. The van der Waals surface area contributed by atoms with Crippen LogP contribution in [0.15, 0.2) is 30.3 Å². The van der Waals surface area contributed by atoms with Gasteiger partial charge in [-0.1, -0.05) is 13.8 Å². The third kappa shape index (κ3) is 6.66. The molecule has 1 aromatic heterocycles. The maximum absolute atomic E-state index is 12.0. The van der Waals surface area contributed by atoms with Gasteiger partial charge in [0.05, 0.1) is 24.7 Å². The van der Waals surface area contributed by atoms with Gasteiger partial charge in [-0.15, -0.1) is 0 Å². The van der Waals surface area contributed by atoms with Crippen molar-refractivity contribution in [3.63, 3.8) is 0 Å². The SMILES string of the molecule is CC(C)CC(=O)Nc1ccc(-c2nc(CS(C)(O)O)cc(N3CCOCC3)n2)cc1. The summed E-state index contributed by atoms with van der Waals surface area (Å²) in [6.45, 7) is 6.71. The zero-order valence-electron chi connectivity index (χ0n) is 17.7. The first kappa shape index (κ1) is 22.5. The fourth-order valence-corrected chi connectivity index (χ4v) is 3.91. The van der Waals surface area contributed by atoms with Gasteiger partial charge in [-0.2, -0.15) is 10.6 Å². The predicted molar refractivity (Wildman–Crippen MR) is 121 cm³/mol. The van der Waals surface area contributed by atoms with E-state index in [2.05, 4.69) is 15.2 Å². The molecule has 30 heavy (non-hydrogen) atoms. The Morgan fingerprint density at radius 1 is 1.20 bits per heavy atom. The van der Waals surface area contributed by atoms with E-state index < -0.39 is 10.6 Å². The Hall–Kier alpha value is -2.20. The summed E-state index contributed by atoms with van der Waals surface area (Å²) in [5, 5.41) is 2.89. The number of hydrogen-bond donors (Lipinski definition) is 3. The van der Waals surface area contributed by atoms with Crippen LogP contribution in [0.4, 0.5) is 11.5 Å². The van der Waals surface area contributed by atoms with Gasteiger partial charge in [0.15, 0.2) is 5.82 Å². The molecule has 1 aromatic carbocycles. The first-order valence-electron chi connectivity index (χ1n) is 10.0. The number of benzene rings is 1. The number of carbonyl (C=O) groups excluding carboxylic acids is 1. The first-order chi connectivity index (χ1) is 14.2. The van der Waals surface area contributed by atoms with Crippen molar-refractivity contribution in [2.45, 2.75) is 26.0 Å². The Labute approximate surface area is 179 Å². The lowest BCUT2D eigenvalue weighted by molar-refractivity contribution is -0.116. The summed E-state index contributed by atoms with van der Waals surface area (Å²) in [5.41, 5.74) is 2.09. The lowest BCUT2D eigenvalue weighted by Gasteiger charge is -2.30. The average molecular weight is 435 g/mol. The number of hydrogen-bond acceptors (Lipinski definition) is 7. The first-order valence-corrected chi connectivity index (χ1v) is 12.1. The minimum Gasteiger partial charge on any atom is -0.378 e. The van der Waals surface area contributed by atoms with Crippen molar-refractivity contribution in [3.8, 4) is 11.4 Å². The van der Waals surface area contributed by atoms with Crippen LogP contribution >= 0.6 is 10.6 Å². The van der Waals surface area contributed by atoms with Crippen LogP contribution in [0.25, 0.3) is 11.4 Å². The van der Waals surface area contributed by atoms with Gasteiger partial charge in [0.2, 0.25) is 5.91 Å². The van der Waals surface area contributed by atoms with Gasteiger partial charge >= 0.3 is 0 Å². The minimum atomic E-state index is -2.73. The molecule has 164 valence electrons. The zero-order valence-corrected chi connectivity index (χ0v) is 18.5. The molecule has 1 saturated heterocycles. The average Bonchev–Trinajstić information content (AvgIpc) is 2.67. The number of anilines is 2. The third-order valence-corrected chi connectivity index (χ3v) is 5.39. The summed E-state index contributed by atoms with van der Waals surface area (Å²) >= 11 is 0. The summed E-state index contributed by atoms with van der Waals surface area (Å²) in [7, 11) is -2.73. The molecule has 0 radical (unpaired) electrons. The number of morpholine rings is 1. The van der Waals surface area contributed by atoms with E-state index in [9.17, 15) is 13.9 Å². The van der Waals surface area contributed by atoms with Crippen LogP contribution in [0, 0.1) is 5.92 Å². The van der Waals surface area contributed by atoms with Gasteiger partial charge in [-0.05, 0) is 30.2 Å². The number of rotatable bonds is 7. The highest BCUT2D eigenvalue weighted by atomic mass is 32.3. The van der Waals surface area contributed by atoms with Crippen LogP contribution in [-0.2, 0) is 15.3 Å². The van der Waals surface area contributed by atoms with E-state index >= 15 is 0 Å². The molecular weight excluding hydrogens is 404 g/mol. The number of nitrogens with one attached hydrogen (secondary N) is 1. The zero-order chi connectivity index (χ0) is 21.7. The van der Waals surface area contributed by atoms with Crippen molar-refractivity contribution in [1.29, 1.82) is 0 Å². The lowest BCUT2D eigenvalue weighted by Crippen LogP contribution is -2.37. The van der Waals surface area contributed by atoms with E-state index in [0.29, 0.717) is 37.1 Å². The van der Waals surface area contributed by atoms with Crippen molar-refractivity contribution < 1.29 is 18.6 Å². The Morgan fingerprint density at radius 3 is 2.47 bits per heavy atom. The Balaban J connectivity index is 1.86. The summed E-state index contributed by atoms with van der Waals surface area (Å²) in [4.78, 5) is 23.4. The predicted octanol–water partition coefficient (Wildman–Crippen LogP) is 3.85. The standard InChI is InChI=1S/C21H30N4O4S/c1-15(2)12-20(26)22-17-6-4-16(5-7-17)21-23-18(14-30(3,27)28)13-19(24-21)25-8-10-29-11-9-25/h4-7,13,15,27-28H,8-12,14H2,1-3H3,(H,22,26). The molecule has 9 heteroatoms. The fourth-order valence-electron chi connectivity index (χ4n) is 3.21. The van der Waals surface area contributed by atoms with Crippen LogP contribution in [0.3, 0.4) is 0 Å². The maximum Gasteiger partial charge on any atom is 0.224 e. The molecule has 0 aliphatic carbocycles. The van der Waals surface area contributed by atoms with E-state index in [1.54, 1.807) is 0 Å². The van der Waals surface area contributed by atoms with Gasteiger partial charge in [0, 0.05) is 43.1 Å². The monoisotopic (exact) mass is 434 g/mol. The van der Waals surface area contributed by atoms with Crippen molar-refractivity contribution in [1.82, 2.24) is 9.97 Å². The third-order valence-electron chi connectivity index (χ3n) is 4.54. The summed E-state index contributed by atoms with van der Waals surface area (Å²) in [6.07, 6.45) is 1.89. The van der Waals surface area contributed by atoms with Gasteiger partial charge in [0.1, 0.15) is 5.82 Å². The molecule has 1 amide bonds. The highest BCUT2D eigenvalue weighted by Crippen LogP contribution is 2.38. The normalized spacial score (nSPS) is 15.3. The fraction of sp³-hybridized carbons (Fsp3) is 0.476. The van der Waals surface area contributed by atoms with Crippen LogP contribution in [0.5, 0.6) is 0 Å². The highest BCUT2D eigenvalue weighted by Gasteiger charge is 2.18. The van der Waals surface area contributed by atoms with Crippen LogP contribution in [0.2, 0.25) is 0 Å². The molecule has 2 heterocycles.